The molecule has 0 unspecified atom stereocenters. The van der Waals surface area contributed by atoms with Crippen molar-refractivity contribution in [3.63, 3.8) is 0 Å². The summed E-state index contributed by atoms with van der Waals surface area (Å²) in [5.74, 6) is 0. The molecule has 0 heterocycles. The second-order valence-electron chi connectivity index (χ2n) is 3.39. The zero-order chi connectivity index (χ0) is 12.3. The summed E-state index contributed by atoms with van der Waals surface area (Å²) in [5.41, 5.74) is 1.55. The molecule has 2 aromatic rings. The molecule has 0 N–H and O–H groups in total. The zero-order valence-corrected chi connectivity index (χ0v) is 11.0. The van der Waals surface area contributed by atoms with Gasteiger partial charge in [-0.1, -0.05) is 53.0 Å². The van der Waals surface area contributed by atoms with Crippen LogP contribution in [0.25, 0.3) is 0 Å². The third kappa shape index (κ3) is 3.22. The maximum atomic E-state index is 6.02. The van der Waals surface area contributed by atoms with Crippen molar-refractivity contribution >= 4 is 46.7 Å². The molecule has 4 heteroatoms. The lowest BCUT2D eigenvalue weighted by molar-refractivity contribution is 1.52. The third-order valence-corrected chi connectivity index (χ3v) is 3.18. The highest BCUT2D eigenvalue weighted by molar-refractivity contribution is 6.43. The van der Waals surface area contributed by atoms with Gasteiger partial charge in [0.05, 0.1) is 15.7 Å². The van der Waals surface area contributed by atoms with Crippen molar-refractivity contribution in [3.05, 3.63) is 63.1 Å². The third-order valence-electron chi connectivity index (χ3n) is 2.13. The van der Waals surface area contributed by atoms with Gasteiger partial charge in [-0.2, -0.15) is 0 Å². The number of hydrogen-bond acceptors (Lipinski definition) is 1. The summed E-state index contributed by atoms with van der Waals surface area (Å²) >= 11 is 17.8. The zero-order valence-electron chi connectivity index (χ0n) is 8.70. The van der Waals surface area contributed by atoms with E-state index in [0.717, 1.165) is 5.56 Å². The van der Waals surface area contributed by atoms with Gasteiger partial charge in [0.25, 0.3) is 0 Å². The van der Waals surface area contributed by atoms with E-state index in [4.69, 9.17) is 34.8 Å². The average Bonchev–Trinajstić information content (AvgIpc) is 2.31. The molecule has 2 aromatic carbocycles. The van der Waals surface area contributed by atoms with Crippen LogP contribution in [0.1, 0.15) is 5.56 Å². The van der Waals surface area contributed by atoms with E-state index in [0.29, 0.717) is 20.8 Å². The molecular weight excluding hydrogens is 277 g/mol. The van der Waals surface area contributed by atoms with Crippen molar-refractivity contribution < 1.29 is 0 Å². The van der Waals surface area contributed by atoms with Gasteiger partial charge in [0, 0.05) is 11.2 Å². The molecule has 0 saturated heterocycles. The van der Waals surface area contributed by atoms with Gasteiger partial charge in [-0.15, -0.1) is 0 Å². The van der Waals surface area contributed by atoms with E-state index >= 15 is 0 Å². The van der Waals surface area contributed by atoms with Crippen LogP contribution in [-0.4, -0.2) is 6.21 Å². The van der Waals surface area contributed by atoms with Gasteiger partial charge in [0.15, 0.2) is 0 Å². The lowest BCUT2D eigenvalue weighted by Crippen LogP contribution is -1.80. The molecule has 17 heavy (non-hydrogen) atoms. The van der Waals surface area contributed by atoms with Crippen molar-refractivity contribution in [1.82, 2.24) is 0 Å². The van der Waals surface area contributed by atoms with Gasteiger partial charge in [-0.25, -0.2) is 0 Å². The van der Waals surface area contributed by atoms with E-state index < -0.39 is 0 Å². The molecular formula is C13H8Cl3N. The van der Waals surface area contributed by atoms with Crippen molar-refractivity contribution in [2.75, 3.05) is 0 Å². The van der Waals surface area contributed by atoms with Crippen LogP contribution in [0.3, 0.4) is 0 Å². The average molecular weight is 285 g/mol. The molecule has 0 amide bonds. The number of benzene rings is 2. The van der Waals surface area contributed by atoms with Crippen LogP contribution in [-0.2, 0) is 0 Å². The van der Waals surface area contributed by atoms with Crippen LogP contribution in [0.15, 0.2) is 47.5 Å². The molecule has 0 aromatic heterocycles. The fourth-order valence-electron chi connectivity index (χ4n) is 1.32. The summed E-state index contributed by atoms with van der Waals surface area (Å²) in [4.78, 5) is 4.28. The molecule has 0 radical (unpaired) electrons. The summed E-state index contributed by atoms with van der Waals surface area (Å²) in [6, 6.07) is 12.7. The Hall–Kier alpha value is -1.02. The highest BCUT2D eigenvalue weighted by Crippen LogP contribution is 2.31. The van der Waals surface area contributed by atoms with Crippen molar-refractivity contribution in [3.8, 4) is 0 Å². The predicted molar refractivity (Wildman–Crippen MR) is 75.2 cm³/mol. The minimum atomic E-state index is 0.451. The van der Waals surface area contributed by atoms with E-state index in [2.05, 4.69) is 4.99 Å². The monoisotopic (exact) mass is 283 g/mol. The molecule has 0 fully saturated rings. The Morgan fingerprint density at radius 3 is 2.47 bits per heavy atom. The Balaban J connectivity index is 2.29. The Morgan fingerprint density at radius 1 is 0.941 bits per heavy atom. The highest BCUT2D eigenvalue weighted by atomic mass is 35.5. The molecule has 0 atom stereocenters. The van der Waals surface area contributed by atoms with Crippen LogP contribution in [0.4, 0.5) is 5.69 Å². The second kappa shape index (κ2) is 5.54. The topological polar surface area (TPSA) is 12.4 Å². The summed E-state index contributed by atoms with van der Waals surface area (Å²) < 4.78 is 0. The van der Waals surface area contributed by atoms with E-state index in [1.807, 2.05) is 24.3 Å². The largest absolute Gasteiger partial charge is 0.255 e. The summed E-state index contributed by atoms with van der Waals surface area (Å²) in [6.07, 6.45) is 1.70. The van der Waals surface area contributed by atoms with Crippen LogP contribution in [0.2, 0.25) is 15.1 Å². The summed E-state index contributed by atoms with van der Waals surface area (Å²) in [5, 5.41) is 1.62. The van der Waals surface area contributed by atoms with Gasteiger partial charge in [0.2, 0.25) is 0 Å². The van der Waals surface area contributed by atoms with Gasteiger partial charge in [0.1, 0.15) is 0 Å². The first kappa shape index (κ1) is 12.4. The molecule has 0 spiro atoms. The number of aliphatic imine (C=N–C) groups is 1. The second-order valence-corrected chi connectivity index (χ2v) is 4.61. The smallest absolute Gasteiger partial charge is 0.0848 e. The van der Waals surface area contributed by atoms with Crippen LogP contribution in [0.5, 0.6) is 0 Å². The molecule has 0 aliphatic rings. The van der Waals surface area contributed by atoms with E-state index in [-0.39, 0.29) is 0 Å². The van der Waals surface area contributed by atoms with Gasteiger partial charge >= 0.3 is 0 Å². The van der Waals surface area contributed by atoms with Crippen molar-refractivity contribution in [2.24, 2.45) is 4.99 Å². The van der Waals surface area contributed by atoms with E-state index in [9.17, 15) is 0 Å². The molecule has 1 nitrogen and oxygen atoms in total. The summed E-state index contributed by atoms with van der Waals surface area (Å²) in [6.45, 7) is 0. The number of hydrogen-bond donors (Lipinski definition) is 0. The maximum Gasteiger partial charge on any atom is 0.0848 e. The van der Waals surface area contributed by atoms with Crippen LogP contribution in [0, 0.1) is 0 Å². The van der Waals surface area contributed by atoms with Crippen molar-refractivity contribution in [1.29, 1.82) is 0 Å². The highest BCUT2D eigenvalue weighted by Gasteiger charge is 2.01. The van der Waals surface area contributed by atoms with Crippen LogP contribution < -0.4 is 0 Å². The molecule has 0 aliphatic heterocycles. The van der Waals surface area contributed by atoms with E-state index in [1.54, 1.807) is 24.4 Å². The van der Waals surface area contributed by atoms with Crippen LogP contribution >= 0.6 is 34.8 Å². The normalized spacial score (nSPS) is 11.0. The molecule has 86 valence electrons. The fraction of sp³-hybridized carbons (Fsp3) is 0. The van der Waals surface area contributed by atoms with E-state index in [1.165, 1.54) is 0 Å². The first-order valence-corrected chi connectivity index (χ1v) is 6.04. The van der Waals surface area contributed by atoms with Crippen molar-refractivity contribution in [2.45, 2.75) is 0 Å². The first-order chi connectivity index (χ1) is 8.16. The van der Waals surface area contributed by atoms with Gasteiger partial charge in [-0.05, 0) is 29.8 Å². The Bertz CT molecular complexity index is 564. The maximum absolute atomic E-state index is 6.02. The first-order valence-electron chi connectivity index (χ1n) is 4.90. The number of halogens is 3. The standard InChI is InChI=1S/C13H8Cl3N/c14-10-4-1-3-9(7-10)8-17-12-6-2-5-11(15)13(12)16/h1-8H. The Morgan fingerprint density at radius 2 is 1.71 bits per heavy atom. The minimum absolute atomic E-state index is 0.451. The molecule has 0 aliphatic carbocycles. The quantitative estimate of drug-likeness (QED) is 0.655. The Labute approximate surface area is 115 Å². The Kier molecular flexibility index (Phi) is 4.06. The number of nitrogens with zero attached hydrogens (tertiary/aromatic N) is 1. The minimum Gasteiger partial charge on any atom is -0.255 e. The SMILES string of the molecule is Clc1cccc(C=Nc2cccc(Cl)c2Cl)c1. The fourth-order valence-corrected chi connectivity index (χ4v) is 1.87. The number of rotatable bonds is 2. The molecule has 0 saturated carbocycles. The molecule has 2 rings (SSSR count). The molecule has 0 bridgehead atoms. The summed E-state index contributed by atoms with van der Waals surface area (Å²) in [7, 11) is 0. The lowest BCUT2D eigenvalue weighted by Gasteiger charge is -1.99. The van der Waals surface area contributed by atoms with Gasteiger partial charge in [-0.3, -0.25) is 4.99 Å². The van der Waals surface area contributed by atoms with Gasteiger partial charge < -0.3 is 0 Å². The predicted octanol–water partition coefficient (Wildman–Crippen LogP) is 5.40. The lowest BCUT2D eigenvalue weighted by atomic mass is 10.2.